The van der Waals surface area contributed by atoms with Gasteiger partial charge in [0, 0.05) is 0 Å². The number of hydrogen-bond donors (Lipinski definition) is 2. The fourth-order valence-corrected chi connectivity index (χ4v) is 1.63. The molecule has 1 aromatic rings. The zero-order valence-corrected chi connectivity index (χ0v) is 9.49. The summed E-state index contributed by atoms with van der Waals surface area (Å²) >= 11 is 0. The van der Waals surface area contributed by atoms with E-state index in [1.165, 1.54) is 12.1 Å². The molecule has 1 aromatic carbocycles. The Morgan fingerprint density at radius 2 is 1.83 bits per heavy atom. The van der Waals surface area contributed by atoms with Crippen LogP contribution in [0.15, 0.2) is 24.3 Å². The predicted octanol–water partition coefficient (Wildman–Crippen LogP) is 1.94. The first-order valence-corrected chi connectivity index (χ1v) is 4.95. The second-order valence-electron chi connectivity index (χ2n) is 3.99. The molecule has 0 saturated carbocycles. The molecule has 1 rings (SSSR count). The number of nitrogens with two attached hydrogens (primary N) is 1. The largest absolute Gasteiger partial charge is 0.481 e. The van der Waals surface area contributed by atoms with Crippen LogP contribution in [0, 0.1) is 0 Å². The van der Waals surface area contributed by atoms with Gasteiger partial charge in [0.05, 0.1) is 12.2 Å². The molecule has 0 aliphatic heterocycles. The van der Waals surface area contributed by atoms with Crippen molar-refractivity contribution in [2.24, 2.45) is 5.90 Å². The Morgan fingerprint density at radius 1 is 1.33 bits per heavy atom. The summed E-state index contributed by atoms with van der Waals surface area (Å²) in [7, 11) is 0. The van der Waals surface area contributed by atoms with E-state index in [-0.39, 0.29) is 5.56 Å². The van der Waals surface area contributed by atoms with Crippen LogP contribution in [-0.2, 0) is 21.2 Å². The Morgan fingerprint density at radius 3 is 2.22 bits per heavy atom. The zero-order chi connectivity index (χ0) is 14.0. The van der Waals surface area contributed by atoms with E-state index in [9.17, 15) is 18.0 Å². The molecule has 1 unspecified atom stereocenters. The molecular weight excluding hydrogens is 251 g/mol. The third kappa shape index (κ3) is 2.62. The summed E-state index contributed by atoms with van der Waals surface area (Å²) in [6.07, 6.45) is -4.64. The molecule has 0 heterocycles. The standard InChI is InChI=1S/C11H12F3NO3/c1-10(6-18-15,9(16)17)7-4-2-3-5-8(7)11(12,13)14/h2-5H,6,15H2,1H3,(H,16,17). The second-order valence-corrected chi connectivity index (χ2v) is 3.99. The number of halogens is 3. The normalized spacial score (nSPS) is 15.2. The topological polar surface area (TPSA) is 72.5 Å². The minimum absolute atomic E-state index is 0.379. The molecule has 0 saturated heterocycles. The van der Waals surface area contributed by atoms with E-state index in [0.717, 1.165) is 19.1 Å². The van der Waals surface area contributed by atoms with Gasteiger partial charge in [0.1, 0.15) is 5.41 Å². The molecule has 100 valence electrons. The first-order chi connectivity index (χ1) is 8.23. The first kappa shape index (κ1) is 14.5. The first-order valence-electron chi connectivity index (χ1n) is 4.95. The number of benzene rings is 1. The molecule has 0 aliphatic rings. The lowest BCUT2D eigenvalue weighted by molar-refractivity contribution is -0.148. The minimum atomic E-state index is -4.64. The highest BCUT2D eigenvalue weighted by atomic mass is 19.4. The van der Waals surface area contributed by atoms with Crippen molar-refractivity contribution in [3.8, 4) is 0 Å². The molecule has 0 fully saturated rings. The van der Waals surface area contributed by atoms with Crippen LogP contribution in [0.1, 0.15) is 18.1 Å². The van der Waals surface area contributed by atoms with Gasteiger partial charge < -0.3 is 9.94 Å². The summed E-state index contributed by atoms with van der Waals surface area (Å²) in [5.74, 6) is 3.36. The predicted molar refractivity (Wildman–Crippen MR) is 56.6 cm³/mol. The van der Waals surface area contributed by atoms with Crippen molar-refractivity contribution in [3.05, 3.63) is 35.4 Å². The van der Waals surface area contributed by atoms with Crippen LogP contribution in [-0.4, -0.2) is 17.7 Å². The Balaban J connectivity index is 3.43. The van der Waals surface area contributed by atoms with Crippen LogP contribution in [0.25, 0.3) is 0 Å². The lowest BCUT2D eigenvalue weighted by Gasteiger charge is -2.27. The van der Waals surface area contributed by atoms with E-state index in [4.69, 9.17) is 11.0 Å². The van der Waals surface area contributed by atoms with Gasteiger partial charge in [-0.2, -0.15) is 13.2 Å². The fraction of sp³-hybridized carbons (Fsp3) is 0.364. The van der Waals surface area contributed by atoms with Gasteiger partial charge in [0.2, 0.25) is 0 Å². The molecule has 1 atom stereocenters. The molecule has 18 heavy (non-hydrogen) atoms. The van der Waals surface area contributed by atoms with Gasteiger partial charge in [-0.15, -0.1) is 0 Å². The van der Waals surface area contributed by atoms with Crippen molar-refractivity contribution >= 4 is 5.97 Å². The maximum absolute atomic E-state index is 12.8. The summed E-state index contributed by atoms with van der Waals surface area (Å²) in [4.78, 5) is 15.4. The van der Waals surface area contributed by atoms with E-state index in [0.29, 0.717) is 0 Å². The lowest BCUT2D eigenvalue weighted by atomic mass is 9.80. The Kier molecular flexibility index (Phi) is 3.98. The van der Waals surface area contributed by atoms with Gasteiger partial charge in [-0.1, -0.05) is 18.2 Å². The van der Waals surface area contributed by atoms with Crippen LogP contribution >= 0.6 is 0 Å². The van der Waals surface area contributed by atoms with Gasteiger partial charge in [0.15, 0.2) is 0 Å². The van der Waals surface area contributed by atoms with Crippen LogP contribution in [0.4, 0.5) is 13.2 Å². The molecule has 3 N–H and O–H groups in total. The van der Waals surface area contributed by atoms with Crippen LogP contribution < -0.4 is 5.90 Å². The number of carboxylic acids is 1. The van der Waals surface area contributed by atoms with E-state index in [2.05, 4.69) is 4.84 Å². The molecule has 4 nitrogen and oxygen atoms in total. The maximum atomic E-state index is 12.8. The summed E-state index contributed by atoms with van der Waals surface area (Å²) in [6, 6.07) is 4.46. The van der Waals surface area contributed by atoms with Gasteiger partial charge >= 0.3 is 12.1 Å². The molecule has 0 spiro atoms. The van der Waals surface area contributed by atoms with Crippen molar-refractivity contribution in [2.75, 3.05) is 6.61 Å². The summed E-state index contributed by atoms with van der Waals surface area (Å²) < 4.78 is 38.5. The highest BCUT2D eigenvalue weighted by molar-refractivity contribution is 5.81. The molecule has 0 amide bonds. The third-order valence-corrected chi connectivity index (χ3v) is 2.67. The number of rotatable bonds is 4. The van der Waals surface area contributed by atoms with E-state index < -0.39 is 29.7 Å². The second kappa shape index (κ2) is 4.95. The molecule has 0 radical (unpaired) electrons. The van der Waals surface area contributed by atoms with Gasteiger partial charge in [0.25, 0.3) is 0 Å². The SMILES string of the molecule is CC(CON)(C(=O)O)c1ccccc1C(F)(F)F. The molecule has 0 aromatic heterocycles. The van der Waals surface area contributed by atoms with E-state index in [1.54, 1.807) is 0 Å². The van der Waals surface area contributed by atoms with E-state index in [1.807, 2.05) is 0 Å². The highest BCUT2D eigenvalue weighted by Crippen LogP contribution is 2.37. The molecule has 0 bridgehead atoms. The van der Waals surface area contributed by atoms with Crippen molar-refractivity contribution in [2.45, 2.75) is 18.5 Å². The zero-order valence-electron chi connectivity index (χ0n) is 9.49. The number of hydrogen-bond acceptors (Lipinski definition) is 3. The van der Waals surface area contributed by atoms with E-state index >= 15 is 0 Å². The van der Waals surface area contributed by atoms with Crippen molar-refractivity contribution in [1.29, 1.82) is 0 Å². The average Bonchev–Trinajstić information content (AvgIpc) is 2.28. The van der Waals surface area contributed by atoms with Gasteiger partial charge in [-0.3, -0.25) is 4.79 Å². The van der Waals surface area contributed by atoms with Crippen molar-refractivity contribution in [3.63, 3.8) is 0 Å². The van der Waals surface area contributed by atoms with Crippen LogP contribution in [0.3, 0.4) is 0 Å². The quantitative estimate of drug-likeness (QED) is 0.814. The van der Waals surface area contributed by atoms with Gasteiger partial charge in [-0.25, -0.2) is 5.90 Å². The Labute approximate surface area is 101 Å². The summed E-state index contributed by atoms with van der Waals surface area (Å²) in [5.41, 5.74) is -3.25. The summed E-state index contributed by atoms with van der Waals surface area (Å²) in [5, 5.41) is 9.10. The Bertz CT molecular complexity index is 447. The maximum Gasteiger partial charge on any atom is 0.416 e. The molecule has 7 heteroatoms. The van der Waals surface area contributed by atoms with Gasteiger partial charge in [-0.05, 0) is 18.6 Å². The van der Waals surface area contributed by atoms with Crippen molar-refractivity contribution < 1.29 is 27.9 Å². The molecule has 0 aliphatic carbocycles. The third-order valence-electron chi connectivity index (χ3n) is 2.67. The average molecular weight is 263 g/mol. The monoisotopic (exact) mass is 263 g/mol. The van der Waals surface area contributed by atoms with Crippen molar-refractivity contribution in [1.82, 2.24) is 0 Å². The number of carbonyl (C=O) groups is 1. The fourth-order valence-electron chi connectivity index (χ4n) is 1.63. The highest BCUT2D eigenvalue weighted by Gasteiger charge is 2.43. The van der Waals surface area contributed by atoms with Crippen LogP contribution in [0.2, 0.25) is 0 Å². The smallest absolute Gasteiger partial charge is 0.416 e. The number of aliphatic carboxylic acids is 1. The Hall–Kier alpha value is -1.60. The van der Waals surface area contributed by atoms with Crippen LogP contribution in [0.5, 0.6) is 0 Å². The minimum Gasteiger partial charge on any atom is -0.481 e. The lowest BCUT2D eigenvalue weighted by Crippen LogP contribution is -2.40. The summed E-state index contributed by atoms with van der Waals surface area (Å²) in [6.45, 7) is 0.572. The number of alkyl halides is 3. The number of carboxylic acid groups (broad SMARTS) is 1. The molecular formula is C11H12F3NO3.